The first-order valence-corrected chi connectivity index (χ1v) is 10.3. The van der Waals surface area contributed by atoms with E-state index in [0.717, 1.165) is 17.1 Å². The van der Waals surface area contributed by atoms with Crippen molar-refractivity contribution in [2.45, 2.75) is 19.1 Å². The third-order valence-corrected chi connectivity index (χ3v) is 5.80. The highest BCUT2D eigenvalue weighted by atomic mass is 35.5. The van der Waals surface area contributed by atoms with Crippen LogP contribution in [0.3, 0.4) is 0 Å². The van der Waals surface area contributed by atoms with Crippen LogP contribution in [-0.2, 0) is 13.0 Å². The monoisotopic (exact) mass is 409 g/mol. The summed E-state index contributed by atoms with van der Waals surface area (Å²) in [5.74, 6) is 1.58. The van der Waals surface area contributed by atoms with Crippen molar-refractivity contribution in [2.24, 2.45) is 4.99 Å². The summed E-state index contributed by atoms with van der Waals surface area (Å²) in [7, 11) is 0. The Morgan fingerprint density at radius 1 is 1.23 bits per heavy atom. The summed E-state index contributed by atoms with van der Waals surface area (Å²) in [6, 6.07) is 11.5. The zero-order valence-corrected chi connectivity index (χ0v) is 16.4. The molecule has 1 atom stereocenters. The molecule has 3 aromatic heterocycles. The van der Waals surface area contributed by atoms with Crippen molar-refractivity contribution in [3.8, 4) is 0 Å². The van der Waals surface area contributed by atoms with E-state index in [4.69, 9.17) is 16.0 Å². The number of hydrogen-bond acceptors (Lipinski definition) is 5. The third kappa shape index (κ3) is 5.88. The van der Waals surface area contributed by atoms with Crippen LogP contribution in [0.2, 0.25) is 4.34 Å². The topological polar surface area (TPSA) is 69.8 Å². The fraction of sp³-hybridized carbons (Fsp3) is 0.278. The molecule has 3 heterocycles. The van der Waals surface area contributed by atoms with Gasteiger partial charge in [-0.25, -0.2) is 4.99 Å². The van der Waals surface area contributed by atoms with Gasteiger partial charge in [0.05, 0.1) is 17.1 Å². The van der Waals surface area contributed by atoms with Gasteiger partial charge in [0.1, 0.15) is 11.9 Å². The van der Waals surface area contributed by atoms with Crippen molar-refractivity contribution in [1.29, 1.82) is 0 Å². The maximum Gasteiger partial charge on any atom is 0.191 e. The van der Waals surface area contributed by atoms with Gasteiger partial charge in [-0.3, -0.25) is 0 Å². The minimum atomic E-state index is -0.633. The maximum atomic E-state index is 10.3. The van der Waals surface area contributed by atoms with Crippen molar-refractivity contribution >= 4 is 40.2 Å². The molecule has 3 rings (SSSR count). The molecule has 0 aliphatic heterocycles. The average Bonchev–Trinajstić information content (AvgIpc) is 3.39. The van der Waals surface area contributed by atoms with Crippen molar-refractivity contribution in [2.75, 3.05) is 13.1 Å². The van der Waals surface area contributed by atoms with E-state index in [2.05, 4.69) is 21.7 Å². The molecule has 0 spiro atoms. The van der Waals surface area contributed by atoms with Crippen LogP contribution in [0, 0.1) is 0 Å². The minimum Gasteiger partial charge on any atom is -0.469 e. The van der Waals surface area contributed by atoms with Crippen molar-refractivity contribution in [1.82, 2.24) is 10.6 Å². The van der Waals surface area contributed by atoms with Gasteiger partial charge in [0, 0.05) is 29.3 Å². The first-order valence-electron chi connectivity index (χ1n) is 8.21. The molecule has 0 fully saturated rings. The van der Waals surface area contributed by atoms with Crippen LogP contribution in [0.4, 0.5) is 0 Å². The molecule has 8 heteroatoms. The van der Waals surface area contributed by atoms with Crippen LogP contribution in [0.25, 0.3) is 0 Å². The van der Waals surface area contributed by atoms with Crippen LogP contribution in [-0.4, -0.2) is 24.2 Å². The Morgan fingerprint density at radius 2 is 2.15 bits per heavy atom. The van der Waals surface area contributed by atoms with E-state index in [1.165, 1.54) is 16.2 Å². The fourth-order valence-corrected chi connectivity index (χ4v) is 3.97. The van der Waals surface area contributed by atoms with Crippen LogP contribution < -0.4 is 10.6 Å². The van der Waals surface area contributed by atoms with Gasteiger partial charge in [-0.05, 0) is 35.7 Å². The van der Waals surface area contributed by atoms with E-state index in [0.29, 0.717) is 29.9 Å². The van der Waals surface area contributed by atoms with E-state index >= 15 is 0 Å². The van der Waals surface area contributed by atoms with Crippen LogP contribution in [0.5, 0.6) is 0 Å². The summed E-state index contributed by atoms with van der Waals surface area (Å²) in [6.07, 6.45) is 1.80. The zero-order valence-electron chi connectivity index (χ0n) is 14.0. The standard InChI is InChI=1S/C18H20ClN3O2S2/c19-17-6-5-16(26-17)15(23)12-22-18(21-11-14-4-2-10-25-14)20-8-7-13-3-1-9-24-13/h1-6,9-10,15,23H,7-8,11-12H2,(H2,20,21,22). The molecule has 0 saturated carbocycles. The number of hydrogen-bond donors (Lipinski definition) is 3. The molecule has 0 aromatic carbocycles. The normalized spacial score (nSPS) is 12.9. The van der Waals surface area contributed by atoms with Gasteiger partial charge in [0.2, 0.25) is 0 Å². The Kier molecular flexibility index (Phi) is 7.13. The maximum absolute atomic E-state index is 10.3. The summed E-state index contributed by atoms with van der Waals surface area (Å²) >= 11 is 8.98. The summed E-state index contributed by atoms with van der Waals surface area (Å²) in [5, 5.41) is 18.8. The van der Waals surface area contributed by atoms with E-state index < -0.39 is 6.10 Å². The molecule has 138 valence electrons. The number of furan rings is 1. The van der Waals surface area contributed by atoms with Gasteiger partial charge in [-0.2, -0.15) is 0 Å². The van der Waals surface area contributed by atoms with Crippen LogP contribution in [0.1, 0.15) is 21.6 Å². The van der Waals surface area contributed by atoms with Crippen molar-refractivity contribution < 1.29 is 9.52 Å². The van der Waals surface area contributed by atoms with E-state index in [1.807, 2.05) is 29.6 Å². The predicted molar refractivity (Wildman–Crippen MR) is 108 cm³/mol. The molecule has 3 aromatic rings. The highest BCUT2D eigenvalue weighted by molar-refractivity contribution is 7.16. The smallest absolute Gasteiger partial charge is 0.191 e. The summed E-state index contributed by atoms with van der Waals surface area (Å²) in [4.78, 5) is 6.61. The second-order valence-electron chi connectivity index (χ2n) is 5.54. The molecule has 5 nitrogen and oxygen atoms in total. The van der Waals surface area contributed by atoms with Gasteiger partial charge in [-0.15, -0.1) is 22.7 Å². The molecule has 0 aliphatic rings. The number of nitrogens with one attached hydrogen (secondary N) is 2. The molecule has 26 heavy (non-hydrogen) atoms. The Bertz CT molecular complexity index is 800. The number of aliphatic hydroxyl groups is 1. The second kappa shape index (κ2) is 9.78. The summed E-state index contributed by atoms with van der Waals surface area (Å²) < 4.78 is 6.01. The first kappa shape index (κ1) is 19.0. The van der Waals surface area contributed by atoms with E-state index in [9.17, 15) is 5.11 Å². The third-order valence-electron chi connectivity index (χ3n) is 3.60. The van der Waals surface area contributed by atoms with Crippen molar-refractivity contribution in [3.05, 3.63) is 67.9 Å². The lowest BCUT2D eigenvalue weighted by molar-refractivity contribution is 0.184. The lowest BCUT2D eigenvalue weighted by Crippen LogP contribution is -2.40. The second-order valence-corrected chi connectivity index (χ2v) is 8.32. The number of guanidine groups is 1. The molecule has 0 amide bonds. The largest absolute Gasteiger partial charge is 0.469 e. The number of rotatable bonds is 8. The molecular formula is C18H20ClN3O2S2. The Hall–Kier alpha value is -1.80. The molecular weight excluding hydrogens is 390 g/mol. The molecule has 0 saturated heterocycles. The van der Waals surface area contributed by atoms with Gasteiger partial charge in [0.25, 0.3) is 0 Å². The quantitative estimate of drug-likeness (QED) is 0.387. The minimum absolute atomic E-state index is 0.355. The zero-order chi connectivity index (χ0) is 18.2. The number of halogens is 1. The lowest BCUT2D eigenvalue weighted by atomic mass is 10.3. The molecule has 3 N–H and O–H groups in total. The Labute approximate surface area is 165 Å². The van der Waals surface area contributed by atoms with Gasteiger partial charge < -0.3 is 20.2 Å². The fourth-order valence-electron chi connectivity index (χ4n) is 2.29. The lowest BCUT2D eigenvalue weighted by Gasteiger charge is -2.15. The van der Waals surface area contributed by atoms with E-state index in [-0.39, 0.29) is 0 Å². The molecule has 0 bridgehead atoms. The van der Waals surface area contributed by atoms with Crippen LogP contribution in [0.15, 0.2) is 57.5 Å². The Balaban J connectivity index is 1.55. The summed E-state index contributed by atoms with van der Waals surface area (Å²) in [6.45, 7) is 1.63. The van der Waals surface area contributed by atoms with E-state index in [1.54, 1.807) is 23.7 Å². The van der Waals surface area contributed by atoms with Crippen LogP contribution >= 0.6 is 34.3 Å². The SMILES string of the molecule is OC(CNC(=NCc1cccs1)NCCc1ccco1)c1ccc(Cl)s1. The molecule has 0 aliphatic carbocycles. The average molecular weight is 410 g/mol. The molecule has 1 unspecified atom stereocenters. The highest BCUT2D eigenvalue weighted by Crippen LogP contribution is 2.26. The summed E-state index contributed by atoms with van der Waals surface area (Å²) in [5.41, 5.74) is 0. The molecule has 0 radical (unpaired) electrons. The number of aliphatic imine (C=N–C) groups is 1. The van der Waals surface area contributed by atoms with Crippen molar-refractivity contribution in [3.63, 3.8) is 0 Å². The highest BCUT2D eigenvalue weighted by Gasteiger charge is 2.11. The Morgan fingerprint density at radius 3 is 2.85 bits per heavy atom. The number of nitrogens with zero attached hydrogens (tertiary/aromatic N) is 1. The number of aliphatic hydroxyl groups excluding tert-OH is 1. The van der Waals surface area contributed by atoms with Gasteiger partial charge in [0.15, 0.2) is 5.96 Å². The first-order chi connectivity index (χ1) is 12.7. The van der Waals surface area contributed by atoms with Gasteiger partial charge in [-0.1, -0.05) is 17.7 Å². The predicted octanol–water partition coefficient (Wildman–Crippen LogP) is 4.07. The number of thiophene rings is 2. The van der Waals surface area contributed by atoms with Gasteiger partial charge >= 0.3 is 0 Å².